The molecule has 0 aromatic rings. The summed E-state index contributed by atoms with van der Waals surface area (Å²) < 4.78 is 4.70. The van der Waals surface area contributed by atoms with Crippen molar-refractivity contribution < 1.29 is 11.0 Å². The summed E-state index contributed by atoms with van der Waals surface area (Å²) in [5.41, 5.74) is 0. The molecule has 0 aliphatic heterocycles. The van der Waals surface area contributed by atoms with Gasteiger partial charge in [-0.3, -0.25) is 0 Å². The van der Waals surface area contributed by atoms with Gasteiger partial charge >= 0.3 is 6.09 Å². The van der Waals surface area contributed by atoms with Crippen LogP contribution in [0.15, 0.2) is 0 Å². The van der Waals surface area contributed by atoms with Gasteiger partial charge in [0.25, 0.3) is 0 Å². The number of amides is 1. The highest BCUT2D eigenvalue weighted by Gasteiger charge is 1.96. The molecule has 0 rings (SSSR count). The summed E-state index contributed by atoms with van der Waals surface area (Å²) in [4.78, 5) is 10.7. The van der Waals surface area contributed by atoms with Crippen molar-refractivity contribution in [3.05, 3.63) is 0 Å². The summed E-state index contributed by atoms with van der Waals surface area (Å²) in [5, 5.41) is 2.68. The molecule has 0 aromatic heterocycles. The SMILES string of the molecule is CCCCCCNC(=O)OCC.[HH]. The fourth-order valence-electron chi connectivity index (χ4n) is 0.924. The minimum atomic E-state index is -0.297. The first-order chi connectivity index (χ1) is 5.81. The normalized spacial score (nSPS) is 9.50. The van der Waals surface area contributed by atoms with Gasteiger partial charge in [-0.1, -0.05) is 26.2 Å². The smallest absolute Gasteiger partial charge is 0.407 e. The van der Waals surface area contributed by atoms with Crippen molar-refractivity contribution >= 4 is 6.09 Å². The van der Waals surface area contributed by atoms with Gasteiger partial charge in [-0.2, -0.15) is 0 Å². The van der Waals surface area contributed by atoms with Crippen LogP contribution in [0.25, 0.3) is 0 Å². The molecule has 0 bridgehead atoms. The summed E-state index contributed by atoms with van der Waals surface area (Å²) in [5.74, 6) is 0. The van der Waals surface area contributed by atoms with Crippen molar-refractivity contribution in [3.63, 3.8) is 0 Å². The molecule has 12 heavy (non-hydrogen) atoms. The number of unbranched alkanes of at least 4 members (excludes halogenated alkanes) is 3. The van der Waals surface area contributed by atoms with Gasteiger partial charge in [-0.25, -0.2) is 4.79 Å². The number of rotatable bonds is 6. The Balaban J connectivity index is 0. The van der Waals surface area contributed by atoms with Crippen molar-refractivity contribution in [2.45, 2.75) is 39.5 Å². The van der Waals surface area contributed by atoms with E-state index in [2.05, 4.69) is 12.2 Å². The van der Waals surface area contributed by atoms with Crippen molar-refractivity contribution in [3.8, 4) is 0 Å². The van der Waals surface area contributed by atoms with Gasteiger partial charge in [-0.05, 0) is 13.3 Å². The first kappa shape index (κ1) is 11.3. The van der Waals surface area contributed by atoms with Crippen LogP contribution in [0, 0.1) is 0 Å². The molecular formula is C9H21NO2. The third-order valence-corrected chi connectivity index (χ3v) is 1.58. The lowest BCUT2D eigenvalue weighted by molar-refractivity contribution is 0.152. The average Bonchev–Trinajstić information content (AvgIpc) is 2.05. The standard InChI is InChI=1S/C9H19NO2.H2/c1-3-5-6-7-8-10-9(11)12-4-2;/h3-8H2,1-2H3,(H,10,11);1H. The largest absolute Gasteiger partial charge is 0.450 e. The summed E-state index contributed by atoms with van der Waals surface area (Å²) >= 11 is 0. The van der Waals surface area contributed by atoms with E-state index in [1.165, 1.54) is 19.3 Å². The highest BCUT2D eigenvalue weighted by molar-refractivity contribution is 5.66. The number of alkyl carbamates (subject to hydrolysis) is 1. The van der Waals surface area contributed by atoms with E-state index in [4.69, 9.17) is 4.74 Å². The van der Waals surface area contributed by atoms with E-state index in [-0.39, 0.29) is 7.52 Å². The van der Waals surface area contributed by atoms with Gasteiger partial charge in [0.2, 0.25) is 0 Å². The molecule has 0 saturated heterocycles. The minimum Gasteiger partial charge on any atom is -0.450 e. The van der Waals surface area contributed by atoms with E-state index >= 15 is 0 Å². The van der Waals surface area contributed by atoms with Gasteiger partial charge in [0.05, 0.1) is 6.61 Å². The first-order valence-electron chi connectivity index (χ1n) is 4.71. The van der Waals surface area contributed by atoms with Crippen LogP contribution >= 0.6 is 0 Å². The van der Waals surface area contributed by atoms with Crippen molar-refractivity contribution in [1.29, 1.82) is 0 Å². The van der Waals surface area contributed by atoms with E-state index in [1.54, 1.807) is 6.92 Å². The second kappa shape index (κ2) is 8.37. The van der Waals surface area contributed by atoms with Gasteiger partial charge < -0.3 is 10.1 Å². The maximum atomic E-state index is 10.7. The molecule has 0 aromatic carbocycles. The molecule has 0 spiro atoms. The predicted molar refractivity (Wildman–Crippen MR) is 51.3 cm³/mol. The Hall–Kier alpha value is -0.730. The van der Waals surface area contributed by atoms with Crippen LogP contribution in [-0.2, 0) is 4.74 Å². The summed E-state index contributed by atoms with van der Waals surface area (Å²) in [6.45, 7) is 5.15. The molecule has 3 nitrogen and oxygen atoms in total. The fourth-order valence-corrected chi connectivity index (χ4v) is 0.924. The molecule has 0 aliphatic carbocycles. The van der Waals surface area contributed by atoms with Crippen LogP contribution < -0.4 is 5.32 Å². The maximum Gasteiger partial charge on any atom is 0.407 e. The highest BCUT2D eigenvalue weighted by Crippen LogP contribution is 1.96. The summed E-state index contributed by atoms with van der Waals surface area (Å²) in [6, 6.07) is 0. The van der Waals surface area contributed by atoms with Crippen LogP contribution in [0.5, 0.6) is 0 Å². The van der Waals surface area contributed by atoms with Crippen LogP contribution in [0.4, 0.5) is 4.79 Å². The van der Waals surface area contributed by atoms with Gasteiger partial charge in [0, 0.05) is 7.97 Å². The van der Waals surface area contributed by atoms with E-state index in [1.807, 2.05) is 0 Å². The Labute approximate surface area is 76.0 Å². The van der Waals surface area contributed by atoms with Crippen molar-refractivity contribution in [1.82, 2.24) is 5.32 Å². The number of hydrogen-bond donors (Lipinski definition) is 1. The number of ether oxygens (including phenoxy) is 1. The second-order valence-corrected chi connectivity index (χ2v) is 2.71. The molecule has 0 aliphatic rings. The number of carbonyl (C=O) groups excluding carboxylic acids is 1. The maximum absolute atomic E-state index is 10.7. The number of hydrogen-bond acceptors (Lipinski definition) is 2. The van der Waals surface area contributed by atoms with Gasteiger partial charge in [0.1, 0.15) is 0 Å². The zero-order valence-corrected chi connectivity index (χ0v) is 8.06. The van der Waals surface area contributed by atoms with Crippen molar-refractivity contribution in [2.75, 3.05) is 13.2 Å². The molecule has 74 valence electrons. The second-order valence-electron chi connectivity index (χ2n) is 2.71. The minimum absolute atomic E-state index is 0. The molecule has 1 amide bonds. The third-order valence-electron chi connectivity index (χ3n) is 1.58. The third kappa shape index (κ3) is 7.38. The summed E-state index contributed by atoms with van der Waals surface area (Å²) in [7, 11) is 0. The van der Waals surface area contributed by atoms with Crippen molar-refractivity contribution in [2.24, 2.45) is 0 Å². The predicted octanol–water partition coefficient (Wildman–Crippen LogP) is 2.56. The molecule has 0 radical (unpaired) electrons. The average molecular weight is 175 g/mol. The lowest BCUT2D eigenvalue weighted by Gasteiger charge is -2.03. The van der Waals surface area contributed by atoms with E-state index < -0.39 is 0 Å². The van der Waals surface area contributed by atoms with Crippen LogP contribution in [0.3, 0.4) is 0 Å². The topological polar surface area (TPSA) is 38.3 Å². The summed E-state index contributed by atoms with van der Waals surface area (Å²) in [6.07, 6.45) is 4.40. The van der Waals surface area contributed by atoms with Crippen LogP contribution in [0.2, 0.25) is 0 Å². The molecule has 0 atom stereocenters. The highest BCUT2D eigenvalue weighted by atomic mass is 16.5. The van der Waals surface area contributed by atoms with Gasteiger partial charge in [0.15, 0.2) is 0 Å². The quantitative estimate of drug-likeness (QED) is 0.630. The molecule has 1 N–H and O–H groups in total. The molecule has 0 unspecified atom stereocenters. The molecular weight excluding hydrogens is 154 g/mol. The lowest BCUT2D eigenvalue weighted by atomic mass is 10.2. The van der Waals surface area contributed by atoms with E-state index in [0.717, 1.165) is 13.0 Å². The Morgan fingerprint density at radius 3 is 2.67 bits per heavy atom. The first-order valence-corrected chi connectivity index (χ1v) is 4.71. The van der Waals surface area contributed by atoms with E-state index in [0.29, 0.717) is 6.61 Å². The lowest BCUT2D eigenvalue weighted by Crippen LogP contribution is -2.25. The Morgan fingerprint density at radius 1 is 1.33 bits per heavy atom. The molecule has 0 saturated carbocycles. The van der Waals surface area contributed by atoms with Crippen LogP contribution in [-0.4, -0.2) is 19.2 Å². The zero-order valence-electron chi connectivity index (χ0n) is 8.06. The fraction of sp³-hybridized carbons (Fsp3) is 0.889. The van der Waals surface area contributed by atoms with Gasteiger partial charge in [-0.15, -0.1) is 0 Å². The molecule has 0 heterocycles. The number of carbonyl (C=O) groups is 1. The Bertz CT molecular complexity index is 120. The number of nitrogens with one attached hydrogen (secondary N) is 1. The molecule has 3 heteroatoms. The monoisotopic (exact) mass is 175 g/mol. The Kier molecular flexibility index (Phi) is 7.86. The molecule has 0 fully saturated rings. The van der Waals surface area contributed by atoms with E-state index in [9.17, 15) is 4.79 Å². The van der Waals surface area contributed by atoms with Crippen LogP contribution in [0.1, 0.15) is 41.0 Å². The zero-order chi connectivity index (χ0) is 9.23. The Morgan fingerprint density at radius 2 is 2.08 bits per heavy atom.